The van der Waals surface area contributed by atoms with Crippen LogP contribution in [-0.4, -0.2) is 28.2 Å². The van der Waals surface area contributed by atoms with Crippen molar-refractivity contribution in [2.75, 3.05) is 7.11 Å². The lowest BCUT2D eigenvalue weighted by Gasteiger charge is -2.14. The van der Waals surface area contributed by atoms with Crippen molar-refractivity contribution in [3.63, 3.8) is 0 Å². The lowest BCUT2D eigenvalue weighted by molar-refractivity contribution is -0.122. The Kier molecular flexibility index (Phi) is 6.68. The van der Waals surface area contributed by atoms with Gasteiger partial charge in [-0.1, -0.05) is 78.6 Å². The summed E-state index contributed by atoms with van der Waals surface area (Å²) in [4.78, 5) is 27.4. The molecule has 0 bridgehead atoms. The lowest BCUT2D eigenvalue weighted by atomic mass is 10.1. The van der Waals surface area contributed by atoms with Crippen molar-refractivity contribution >= 4 is 46.3 Å². The third-order valence-electron chi connectivity index (χ3n) is 4.75. The maximum atomic E-state index is 12.9. The summed E-state index contributed by atoms with van der Waals surface area (Å²) in [6.45, 7) is 0.431. The zero-order valence-corrected chi connectivity index (χ0v) is 18.8. The summed E-state index contributed by atoms with van der Waals surface area (Å²) in [7, 11) is 1.50. The maximum Gasteiger partial charge on any atom is 0.343 e. The van der Waals surface area contributed by atoms with Crippen LogP contribution in [0.5, 0.6) is 11.5 Å². The molecule has 1 fully saturated rings. The van der Waals surface area contributed by atoms with Crippen LogP contribution in [0.25, 0.3) is 6.08 Å². The fraction of sp³-hybridized carbons (Fsp3) is 0.0800. The number of carbonyl (C=O) groups is 2. The molecule has 0 radical (unpaired) electrons. The molecule has 1 aliphatic heterocycles. The summed E-state index contributed by atoms with van der Waals surface area (Å²) >= 11 is 6.68. The zero-order valence-electron chi connectivity index (χ0n) is 17.2. The molecule has 1 amide bonds. The average Bonchev–Trinajstić information content (AvgIpc) is 3.08. The fourth-order valence-corrected chi connectivity index (χ4v) is 4.40. The molecule has 3 aromatic rings. The van der Waals surface area contributed by atoms with E-state index < -0.39 is 5.97 Å². The van der Waals surface area contributed by atoms with Gasteiger partial charge >= 0.3 is 5.97 Å². The van der Waals surface area contributed by atoms with Crippen molar-refractivity contribution in [3.8, 4) is 11.5 Å². The first-order chi connectivity index (χ1) is 15.5. The predicted octanol–water partition coefficient (Wildman–Crippen LogP) is 5.32. The van der Waals surface area contributed by atoms with Crippen molar-refractivity contribution in [3.05, 3.63) is 100 Å². The monoisotopic (exact) mass is 461 g/mol. The summed E-state index contributed by atoms with van der Waals surface area (Å²) in [5.74, 6) is 0.0822. The Morgan fingerprint density at radius 2 is 1.69 bits per heavy atom. The highest BCUT2D eigenvalue weighted by atomic mass is 32.2. The molecule has 0 atom stereocenters. The number of carbonyl (C=O) groups excluding carboxylic acids is 2. The van der Waals surface area contributed by atoms with E-state index in [1.807, 2.05) is 36.4 Å². The number of esters is 1. The van der Waals surface area contributed by atoms with Crippen molar-refractivity contribution in [2.45, 2.75) is 6.54 Å². The first-order valence-electron chi connectivity index (χ1n) is 9.79. The molecule has 0 unspecified atom stereocenters. The summed E-state index contributed by atoms with van der Waals surface area (Å²) in [5, 5.41) is 0. The number of nitrogens with zero attached hydrogens (tertiary/aromatic N) is 1. The second-order valence-electron chi connectivity index (χ2n) is 6.92. The second kappa shape index (κ2) is 9.80. The molecule has 1 heterocycles. The van der Waals surface area contributed by atoms with Crippen LogP contribution < -0.4 is 9.47 Å². The minimum Gasteiger partial charge on any atom is -0.493 e. The van der Waals surface area contributed by atoms with Crippen molar-refractivity contribution in [1.82, 2.24) is 4.90 Å². The maximum absolute atomic E-state index is 12.9. The third kappa shape index (κ3) is 4.90. The van der Waals surface area contributed by atoms with E-state index in [2.05, 4.69) is 0 Å². The van der Waals surface area contributed by atoms with Gasteiger partial charge < -0.3 is 9.47 Å². The molecule has 3 aromatic carbocycles. The summed E-state index contributed by atoms with van der Waals surface area (Å²) in [5.41, 5.74) is 2.19. The van der Waals surface area contributed by atoms with Crippen LogP contribution in [0.15, 0.2) is 83.8 Å². The Bertz CT molecular complexity index is 1190. The highest BCUT2D eigenvalue weighted by Gasteiger charge is 2.32. The summed E-state index contributed by atoms with van der Waals surface area (Å²) in [6, 6.07) is 23.6. The van der Waals surface area contributed by atoms with Crippen molar-refractivity contribution < 1.29 is 19.1 Å². The molecule has 5 nitrogen and oxygen atoms in total. The molecule has 0 aliphatic carbocycles. The normalized spacial score (nSPS) is 14.7. The van der Waals surface area contributed by atoms with Crippen LogP contribution in [0.3, 0.4) is 0 Å². The Morgan fingerprint density at radius 3 is 2.38 bits per heavy atom. The second-order valence-corrected chi connectivity index (χ2v) is 8.60. The number of rotatable bonds is 6. The van der Waals surface area contributed by atoms with Gasteiger partial charge in [0.1, 0.15) is 4.32 Å². The molecule has 160 valence electrons. The number of thioether (sulfide) groups is 1. The van der Waals surface area contributed by atoms with Crippen LogP contribution in [0.4, 0.5) is 0 Å². The quantitative estimate of drug-likeness (QED) is 0.214. The number of benzene rings is 3. The molecular weight excluding hydrogens is 442 g/mol. The Labute approximate surface area is 195 Å². The van der Waals surface area contributed by atoms with Crippen LogP contribution in [0.1, 0.15) is 21.5 Å². The van der Waals surface area contributed by atoms with E-state index in [1.165, 1.54) is 18.9 Å². The van der Waals surface area contributed by atoms with Crippen LogP contribution in [0.2, 0.25) is 0 Å². The molecule has 4 rings (SSSR count). The molecule has 32 heavy (non-hydrogen) atoms. The van der Waals surface area contributed by atoms with Gasteiger partial charge in [0.25, 0.3) is 5.91 Å². The van der Waals surface area contributed by atoms with E-state index in [4.69, 9.17) is 21.7 Å². The highest BCUT2D eigenvalue weighted by molar-refractivity contribution is 8.26. The van der Waals surface area contributed by atoms with E-state index >= 15 is 0 Å². The summed E-state index contributed by atoms with van der Waals surface area (Å²) < 4.78 is 11.4. The minimum absolute atomic E-state index is 0.137. The SMILES string of the molecule is COc1cc(C=C2SC(=S)N(Cc3ccccc3)C2=O)ccc1OC(=O)c1ccccc1. The van der Waals surface area contributed by atoms with Gasteiger partial charge in [-0.2, -0.15) is 0 Å². The molecule has 0 aromatic heterocycles. The van der Waals surface area contributed by atoms with Gasteiger partial charge in [-0.3, -0.25) is 9.69 Å². The predicted molar refractivity (Wildman–Crippen MR) is 130 cm³/mol. The van der Waals surface area contributed by atoms with Gasteiger partial charge in [-0.15, -0.1) is 0 Å². The average molecular weight is 462 g/mol. The van der Waals surface area contributed by atoms with Gasteiger partial charge in [0.2, 0.25) is 0 Å². The molecule has 0 spiro atoms. The summed E-state index contributed by atoms with van der Waals surface area (Å²) in [6.07, 6.45) is 1.76. The topological polar surface area (TPSA) is 55.8 Å². The Hall–Kier alpha value is -3.42. The lowest BCUT2D eigenvalue weighted by Crippen LogP contribution is -2.27. The standard InChI is InChI=1S/C25H19NO4S2/c1-29-21-14-18(12-13-20(21)30-24(28)19-10-6-3-7-11-19)15-22-23(27)26(25(31)32-22)16-17-8-4-2-5-9-17/h2-15H,16H2,1H3. The van der Waals surface area contributed by atoms with Crippen LogP contribution in [-0.2, 0) is 11.3 Å². The first kappa shape index (κ1) is 21.8. The van der Waals surface area contributed by atoms with Gasteiger partial charge in [0.05, 0.1) is 24.1 Å². The number of hydrogen-bond acceptors (Lipinski definition) is 6. The molecule has 1 aliphatic rings. The number of amides is 1. The minimum atomic E-state index is -0.474. The fourth-order valence-electron chi connectivity index (χ4n) is 3.14. The van der Waals surface area contributed by atoms with E-state index in [0.29, 0.717) is 32.8 Å². The smallest absolute Gasteiger partial charge is 0.343 e. The first-order valence-corrected chi connectivity index (χ1v) is 11.0. The number of methoxy groups -OCH3 is 1. The third-order valence-corrected chi connectivity index (χ3v) is 6.13. The number of ether oxygens (including phenoxy) is 2. The number of hydrogen-bond donors (Lipinski definition) is 0. The Morgan fingerprint density at radius 1 is 1.00 bits per heavy atom. The van der Waals surface area contributed by atoms with Gasteiger partial charge in [0, 0.05) is 0 Å². The molecule has 1 saturated heterocycles. The molecular formula is C25H19NO4S2. The van der Waals surface area contributed by atoms with Gasteiger partial charge in [0.15, 0.2) is 11.5 Å². The van der Waals surface area contributed by atoms with E-state index in [-0.39, 0.29) is 5.91 Å². The van der Waals surface area contributed by atoms with Gasteiger partial charge in [-0.05, 0) is 41.5 Å². The van der Waals surface area contributed by atoms with Crippen LogP contribution in [0, 0.1) is 0 Å². The molecule has 0 N–H and O–H groups in total. The highest BCUT2D eigenvalue weighted by Crippen LogP contribution is 2.35. The van der Waals surface area contributed by atoms with E-state index in [9.17, 15) is 9.59 Å². The van der Waals surface area contributed by atoms with E-state index in [1.54, 1.807) is 53.4 Å². The largest absolute Gasteiger partial charge is 0.493 e. The number of thiocarbonyl (C=S) groups is 1. The Balaban J connectivity index is 1.52. The van der Waals surface area contributed by atoms with Crippen molar-refractivity contribution in [2.24, 2.45) is 0 Å². The van der Waals surface area contributed by atoms with Gasteiger partial charge in [-0.25, -0.2) is 4.79 Å². The van der Waals surface area contributed by atoms with Crippen LogP contribution >= 0.6 is 24.0 Å². The van der Waals surface area contributed by atoms with E-state index in [0.717, 1.165) is 11.1 Å². The van der Waals surface area contributed by atoms with Crippen molar-refractivity contribution in [1.29, 1.82) is 0 Å². The molecule has 0 saturated carbocycles. The zero-order chi connectivity index (χ0) is 22.5. The molecule has 7 heteroatoms.